The number of halogens is 1. The first kappa shape index (κ1) is 12.4. The highest BCUT2D eigenvalue weighted by molar-refractivity contribution is 6.30. The van der Waals surface area contributed by atoms with Gasteiger partial charge in [0.2, 0.25) is 5.91 Å². The van der Waals surface area contributed by atoms with E-state index in [1.165, 1.54) is 0 Å². The maximum atomic E-state index is 11.8. The van der Waals surface area contributed by atoms with Crippen LogP contribution in [-0.4, -0.2) is 31.7 Å². The molecule has 5 heteroatoms. The third-order valence-electron chi connectivity index (χ3n) is 2.62. The fourth-order valence-electron chi connectivity index (χ4n) is 1.65. The quantitative estimate of drug-likeness (QED) is 0.844. The van der Waals surface area contributed by atoms with Gasteiger partial charge in [0.1, 0.15) is 6.04 Å². The van der Waals surface area contributed by atoms with Crippen LogP contribution in [0.25, 0.3) is 0 Å². The van der Waals surface area contributed by atoms with Crippen LogP contribution in [-0.2, 0) is 16.1 Å². The Labute approximate surface area is 105 Å². The van der Waals surface area contributed by atoms with Gasteiger partial charge in [-0.2, -0.15) is 0 Å². The lowest BCUT2D eigenvalue weighted by atomic mass is 10.2. The maximum absolute atomic E-state index is 11.8. The Morgan fingerprint density at radius 1 is 1.47 bits per heavy atom. The van der Waals surface area contributed by atoms with Crippen molar-refractivity contribution < 1.29 is 9.53 Å². The van der Waals surface area contributed by atoms with E-state index in [4.69, 9.17) is 16.3 Å². The number of hydrogen-bond donors (Lipinski definition) is 2. The molecule has 0 aliphatic carbocycles. The third-order valence-corrected chi connectivity index (χ3v) is 2.87. The van der Waals surface area contributed by atoms with Crippen molar-refractivity contribution in [2.45, 2.75) is 12.6 Å². The smallest absolute Gasteiger partial charge is 0.239 e. The zero-order valence-corrected chi connectivity index (χ0v) is 10.2. The van der Waals surface area contributed by atoms with Gasteiger partial charge in [-0.15, -0.1) is 0 Å². The lowest BCUT2D eigenvalue weighted by Crippen LogP contribution is -2.51. The number of benzene rings is 1. The monoisotopic (exact) mass is 254 g/mol. The molecule has 0 radical (unpaired) electrons. The predicted octanol–water partition coefficient (Wildman–Crippen LogP) is 0.945. The first-order valence-corrected chi connectivity index (χ1v) is 5.97. The zero-order valence-electron chi connectivity index (χ0n) is 9.41. The summed E-state index contributed by atoms with van der Waals surface area (Å²) in [4.78, 5) is 11.8. The summed E-state index contributed by atoms with van der Waals surface area (Å²) in [6.07, 6.45) is 0. The lowest BCUT2D eigenvalue weighted by molar-refractivity contribution is -0.126. The Morgan fingerprint density at radius 3 is 2.88 bits per heavy atom. The van der Waals surface area contributed by atoms with E-state index in [1.54, 1.807) is 0 Å². The van der Waals surface area contributed by atoms with Gasteiger partial charge in [0.25, 0.3) is 0 Å². The van der Waals surface area contributed by atoms with Gasteiger partial charge >= 0.3 is 0 Å². The Morgan fingerprint density at radius 2 is 2.24 bits per heavy atom. The molecule has 2 N–H and O–H groups in total. The largest absolute Gasteiger partial charge is 0.378 e. The first-order chi connectivity index (χ1) is 8.25. The maximum Gasteiger partial charge on any atom is 0.239 e. The molecule has 1 fully saturated rings. The molecule has 17 heavy (non-hydrogen) atoms. The normalized spacial score (nSPS) is 19.9. The van der Waals surface area contributed by atoms with Crippen LogP contribution in [0.15, 0.2) is 24.3 Å². The number of amides is 1. The third kappa shape index (κ3) is 3.70. The standard InChI is InChI=1S/C12H15ClN2O2/c13-10-3-1-9(2-4-10)7-15-12(16)11-8-17-6-5-14-11/h1-4,11,14H,5-8H2,(H,15,16). The molecule has 1 amide bonds. The minimum absolute atomic E-state index is 0.0281. The molecule has 1 aliphatic rings. The second-order valence-electron chi connectivity index (χ2n) is 3.93. The van der Waals surface area contributed by atoms with Gasteiger partial charge in [0, 0.05) is 18.1 Å². The van der Waals surface area contributed by atoms with Crippen molar-refractivity contribution in [3.05, 3.63) is 34.9 Å². The van der Waals surface area contributed by atoms with E-state index >= 15 is 0 Å². The van der Waals surface area contributed by atoms with Crippen molar-refractivity contribution in [3.8, 4) is 0 Å². The molecule has 1 aromatic carbocycles. The molecule has 2 rings (SSSR count). The van der Waals surface area contributed by atoms with Crippen LogP contribution in [0.4, 0.5) is 0 Å². The number of carbonyl (C=O) groups is 1. The van der Waals surface area contributed by atoms with E-state index < -0.39 is 0 Å². The molecule has 0 bridgehead atoms. The molecule has 0 saturated carbocycles. The fraction of sp³-hybridized carbons (Fsp3) is 0.417. The Balaban J connectivity index is 1.81. The molecular weight excluding hydrogens is 240 g/mol. The molecule has 1 aliphatic heterocycles. The summed E-state index contributed by atoms with van der Waals surface area (Å²) in [6, 6.07) is 7.17. The van der Waals surface area contributed by atoms with Crippen molar-refractivity contribution in [1.29, 1.82) is 0 Å². The molecular formula is C12H15ClN2O2. The number of carbonyl (C=O) groups excluding carboxylic acids is 1. The molecule has 1 saturated heterocycles. The van der Waals surface area contributed by atoms with Crippen LogP contribution >= 0.6 is 11.6 Å². The Kier molecular flexibility index (Phi) is 4.36. The second-order valence-corrected chi connectivity index (χ2v) is 4.36. The van der Waals surface area contributed by atoms with E-state index in [1.807, 2.05) is 24.3 Å². The zero-order chi connectivity index (χ0) is 12.1. The minimum Gasteiger partial charge on any atom is -0.378 e. The van der Waals surface area contributed by atoms with Crippen molar-refractivity contribution >= 4 is 17.5 Å². The number of nitrogens with one attached hydrogen (secondary N) is 2. The van der Waals surface area contributed by atoms with Crippen LogP contribution in [0.2, 0.25) is 5.02 Å². The van der Waals surface area contributed by atoms with Gasteiger partial charge < -0.3 is 15.4 Å². The van der Waals surface area contributed by atoms with Gasteiger partial charge in [-0.1, -0.05) is 23.7 Å². The summed E-state index contributed by atoms with van der Waals surface area (Å²) in [5, 5.41) is 6.67. The van der Waals surface area contributed by atoms with Gasteiger partial charge in [0.05, 0.1) is 13.2 Å². The van der Waals surface area contributed by atoms with E-state index in [9.17, 15) is 4.79 Å². The Hall–Kier alpha value is -1.10. The van der Waals surface area contributed by atoms with Crippen LogP contribution in [0.5, 0.6) is 0 Å². The summed E-state index contributed by atoms with van der Waals surface area (Å²) in [7, 11) is 0. The van der Waals surface area contributed by atoms with E-state index in [0.29, 0.717) is 24.8 Å². The molecule has 92 valence electrons. The molecule has 0 spiro atoms. The molecule has 4 nitrogen and oxygen atoms in total. The summed E-state index contributed by atoms with van der Waals surface area (Å²) < 4.78 is 5.23. The number of ether oxygens (including phenoxy) is 1. The van der Waals surface area contributed by atoms with E-state index in [2.05, 4.69) is 10.6 Å². The minimum atomic E-state index is -0.240. The highest BCUT2D eigenvalue weighted by atomic mass is 35.5. The SMILES string of the molecule is O=C(NCc1ccc(Cl)cc1)C1COCCN1. The summed E-state index contributed by atoms with van der Waals surface area (Å²) in [5.74, 6) is -0.0281. The van der Waals surface area contributed by atoms with E-state index in [0.717, 1.165) is 12.1 Å². The number of rotatable bonds is 3. The highest BCUT2D eigenvalue weighted by Crippen LogP contribution is 2.09. The number of hydrogen-bond acceptors (Lipinski definition) is 3. The van der Waals surface area contributed by atoms with Gasteiger partial charge in [0.15, 0.2) is 0 Å². The predicted molar refractivity (Wildman–Crippen MR) is 65.9 cm³/mol. The molecule has 0 aromatic heterocycles. The molecule has 1 unspecified atom stereocenters. The van der Waals surface area contributed by atoms with Crippen molar-refractivity contribution in [1.82, 2.24) is 10.6 Å². The average Bonchev–Trinajstić information content (AvgIpc) is 2.39. The van der Waals surface area contributed by atoms with Gasteiger partial charge in [-0.3, -0.25) is 4.79 Å². The van der Waals surface area contributed by atoms with Crippen LogP contribution in [0.1, 0.15) is 5.56 Å². The van der Waals surface area contributed by atoms with Crippen molar-refractivity contribution in [2.24, 2.45) is 0 Å². The lowest BCUT2D eigenvalue weighted by Gasteiger charge is -2.22. The Bertz CT molecular complexity index is 375. The van der Waals surface area contributed by atoms with Crippen LogP contribution < -0.4 is 10.6 Å². The summed E-state index contributed by atoms with van der Waals surface area (Å²) in [6.45, 7) is 2.33. The summed E-state index contributed by atoms with van der Waals surface area (Å²) >= 11 is 5.78. The van der Waals surface area contributed by atoms with Crippen LogP contribution in [0, 0.1) is 0 Å². The van der Waals surface area contributed by atoms with Crippen molar-refractivity contribution in [2.75, 3.05) is 19.8 Å². The number of morpholine rings is 1. The highest BCUT2D eigenvalue weighted by Gasteiger charge is 2.20. The summed E-state index contributed by atoms with van der Waals surface area (Å²) in [5.41, 5.74) is 1.03. The molecule has 1 atom stereocenters. The molecule has 1 aromatic rings. The van der Waals surface area contributed by atoms with Crippen LogP contribution in [0.3, 0.4) is 0 Å². The first-order valence-electron chi connectivity index (χ1n) is 5.59. The van der Waals surface area contributed by atoms with E-state index in [-0.39, 0.29) is 11.9 Å². The second kappa shape index (κ2) is 6.00. The van der Waals surface area contributed by atoms with Gasteiger partial charge in [-0.05, 0) is 17.7 Å². The fourth-order valence-corrected chi connectivity index (χ4v) is 1.77. The van der Waals surface area contributed by atoms with Crippen molar-refractivity contribution in [3.63, 3.8) is 0 Å². The molecule has 1 heterocycles. The topological polar surface area (TPSA) is 50.4 Å². The van der Waals surface area contributed by atoms with Gasteiger partial charge in [-0.25, -0.2) is 0 Å². The average molecular weight is 255 g/mol.